The lowest BCUT2D eigenvalue weighted by molar-refractivity contribution is 0.493. The lowest BCUT2D eigenvalue weighted by atomic mass is 10.2. The molecule has 2 nitrogen and oxygen atoms in total. The van der Waals surface area contributed by atoms with Gasteiger partial charge in [-0.25, -0.2) is 0 Å². The molecular weight excluding hydrogens is 144 g/mol. The molecule has 0 saturated heterocycles. The lowest BCUT2D eigenvalue weighted by Gasteiger charge is -2.16. The van der Waals surface area contributed by atoms with Gasteiger partial charge in [-0.3, -0.25) is 0 Å². The number of hydrogen-bond acceptors (Lipinski definition) is 3. The first-order valence-electron chi connectivity index (χ1n) is 3.66. The highest BCUT2D eigenvalue weighted by Crippen LogP contribution is 1.90. The largest absolute Gasteiger partial charge is 0.327 e. The third-order valence-corrected chi connectivity index (χ3v) is 2.17. The van der Waals surface area contributed by atoms with Crippen LogP contribution >= 0.6 is 11.8 Å². The van der Waals surface area contributed by atoms with Crippen molar-refractivity contribution in [3.05, 3.63) is 0 Å². The maximum absolute atomic E-state index is 5.65. The highest BCUT2D eigenvalue weighted by Gasteiger charge is 2.03. The Morgan fingerprint density at radius 2 is 2.10 bits per heavy atom. The Kier molecular flexibility index (Phi) is 6.17. The Hall–Kier alpha value is 0.270. The van der Waals surface area contributed by atoms with Crippen molar-refractivity contribution in [2.45, 2.75) is 25.9 Å². The molecule has 3 N–H and O–H groups in total. The van der Waals surface area contributed by atoms with E-state index in [4.69, 9.17) is 5.73 Å². The van der Waals surface area contributed by atoms with Crippen LogP contribution in [0.15, 0.2) is 0 Å². The highest BCUT2D eigenvalue weighted by atomic mass is 32.2. The zero-order valence-corrected chi connectivity index (χ0v) is 7.87. The van der Waals surface area contributed by atoms with E-state index in [0.717, 1.165) is 12.3 Å². The third-order valence-electron chi connectivity index (χ3n) is 1.56. The van der Waals surface area contributed by atoms with Crippen molar-refractivity contribution in [3.8, 4) is 0 Å². The molecule has 0 aromatic carbocycles. The van der Waals surface area contributed by atoms with Gasteiger partial charge in [0.1, 0.15) is 0 Å². The predicted molar refractivity (Wildman–Crippen MR) is 49.5 cm³/mol. The number of nitrogens with two attached hydrogens (primary N) is 1. The van der Waals surface area contributed by atoms with Gasteiger partial charge in [-0.1, -0.05) is 0 Å². The van der Waals surface area contributed by atoms with Gasteiger partial charge in [-0.15, -0.1) is 0 Å². The van der Waals surface area contributed by atoms with E-state index in [-0.39, 0.29) is 6.04 Å². The van der Waals surface area contributed by atoms with Crippen molar-refractivity contribution in [2.24, 2.45) is 5.73 Å². The first-order valence-corrected chi connectivity index (χ1v) is 5.05. The summed E-state index contributed by atoms with van der Waals surface area (Å²) in [5, 5.41) is 3.34. The monoisotopic (exact) mass is 162 g/mol. The van der Waals surface area contributed by atoms with Crippen LogP contribution in [0, 0.1) is 0 Å². The standard InChI is InChI=1S/C7H18N2S/c1-6(8)7(2)9-4-5-10-3/h6-7,9H,4-5,8H2,1-3H3. The summed E-state index contributed by atoms with van der Waals surface area (Å²) in [6.45, 7) is 5.20. The second-order valence-electron chi connectivity index (χ2n) is 2.59. The Bertz CT molecular complexity index is 76.0. The van der Waals surface area contributed by atoms with E-state index < -0.39 is 0 Å². The Balaban J connectivity index is 3.13. The van der Waals surface area contributed by atoms with E-state index in [2.05, 4.69) is 18.5 Å². The molecule has 0 aliphatic heterocycles. The lowest BCUT2D eigenvalue weighted by Crippen LogP contribution is -2.41. The van der Waals surface area contributed by atoms with E-state index in [0.29, 0.717) is 6.04 Å². The Morgan fingerprint density at radius 1 is 1.50 bits per heavy atom. The van der Waals surface area contributed by atoms with Gasteiger partial charge in [0, 0.05) is 24.4 Å². The summed E-state index contributed by atoms with van der Waals surface area (Å²) >= 11 is 1.85. The van der Waals surface area contributed by atoms with Crippen molar-refractivity contribution in [3.63, 3.8) is 0 Å². The van der Waals surface area contributed by atoms with Gasteiger partial charge < -0.3 is 11.1 Å². The normalized spacial score (nSPS) is 16.8. The van der Waals surface area contributed by atoms with Crippen molar-refractivity contribution in [1.82, 2.24) is 5.32 Å². The smallest absolute Gasteiger partial charge is 0.0188 e. The summed E-state index contributed by atoms with van der Waals surface area (Å²) in [4.78, 5) is 0. The fourth-order valence-electron chi connectivity index (χ4n) is 0.575. The second kappa shape index (κ2) is 6.01. The van der Waals surface area contributed by atoms with E-state index in [1.165, 1.54) is 0 Å². The summed E-state index contributed by atoms with van der Waals surface area (Å²) in [6.07, 6.45) is 2.11. The van der Waals surface area contributed by atoms with Crippen LogP contribution in [0.25, 0.3) is 0 Å². The molecule has 0 aliphatic rings. The van der Waals surface area contributed by atoms with Gasteiger partial charge in [0.2, 0.25) is 0 Å². The quantitative estimate of drug-likeness (QED) is 0.584. The van der Waals surface area contributed by atoms with Crippen LogP contribution in [0.2, 0.25) is 0 Å². The van der Waals surface area contributed by atoms with Crippen molar-refractivity contribution >= 4 is 11.8 Å². The Morgan fingerprint density at radius 3 is 2.50 bits per heavy atom. The Labute approximate surface area is 67.9 Å². The molecule has 0 aromatic heterocycles. The molecule has 0 rings (SSSR count). The number of hydrogen-bond donors (Lipinski definition) is 2. The minimum atomic E-state index is 0.252. The summed E-state index contributed by atoms with van der Waals surface area (Å²) in [5.41, 5.74) is 5.65. The van der Waals surface area contributed by atoms with Gasteiger partial charge in [0.05, 0.1) is 0 Å². The zero-order valence-electron chi connectivity index (χ0n) is 7.05. The molecule has 0 spiro atoms. The maximum atomic E-state index is 5.65. The van der Waals surface area contributed by atoms with Crippen molar-refractivity contribution in [1.29, 1.82) is 0 Å². The predicted octanol–water partition coefficient (Wildman–Crippen LogP) is 0.675. The number of thioether (sulfide) groups is 1. The van der Waals surface area contributed by atoms with Crippen LogP contribution < -0.4 is 11.1 Å². The average molecular weight is 162 g/mol. The molecule has 2 atom stereocenters. The molecule has 0 aromatic rings. The summed E-state index contributed by atoms with van der Waals surface area (Å²) in [7, 11) is 0. The van der Waals surface area contributed by atoms with E-state index >= 15 is 0 Å². The van der Waals surface area contributed by atoms with E-state index in [1.807, 2.05) is 18.7 Å². The third kappa shape index (κ3) is 5.09. The molecule has 0 amide bonds. The van der Waals surface area contributed by atoms with Gasteiger partial charge >= 0.3 is 0 Å². The molecule has 0 aliphatic carbocycles. The van der Waals surface area contributed by atoms with Crippen molar-refractivity contribution in [2.75, 3.05) is 18.6 Å². The number of nitrogens with one attached hydrogen (secondary N) is 1. The van der Waals surface area contributed by atoms with Crippen LogP contribution in [0.3, 0.4) is 0 Å². The minimum Gasteiger partial charge on any atom is -0.327 e. The topological polar surface area (TPSA) is 38.0 Å². The fraction of sp³-hybridized carbons (Fsp3) is 1.00. The van der Waals surface area contributed by atoms with Crippen LogP contribution in [-0.4, -0.2) is 30.6 Å². The molecular formula is C7H18N2S. The van der Waals surface area contributed by atoms with Crippen LogP contribution in [0.4, 0.5) is 0 Å². The van der Waals surface area contributed by atoms with E-state index in [9.17, 15) is 0 Å². The first-order chi connectivity index (χ1) is 4.68. The summed E-state index contributed by atoms with van der Waals surface area (Å²) < 4.78 is 0. The van der Waals surface area contributed by atoms with Crippen LogP contribution in [0.1, 0.15) is 13.8 Å². The molecule has 0 heterocycles. The first kappa shape index (κ1) is 10.3. The molecule has 62 valence electrons. The summed E-state index contributed by atoms with van der Waals surface area (Å²) in [5.74, 6) is 1.16. The molecule has 0 saturated carbocycles. The van der Waals surface area contributed by atoms with Gasteiger partial charge in [-0.2, -0.15) is 11.8 Å². The molecule has 3 heteroatoms. The molecule has 0 radical (unpaired) electrons. The van der Waals surface area contributed by atoms with Gasteiger partial charge in [0.25, 0.3) is 0 Å². The summed E-state index contributed by atoms with van der Waals surface area (Å²) in [6, 6.07) is 0.689. The SMILES string of the molecule is CSCCNC(C)C(C)N. The minimum absolute atomic E-state index is 0.252. The fourth-order valence-corrected chi connectivity index (χ4v) is 0.897. The maximum Gasteiger partial charge on any atom is 0.0188 e. The highest BCUT2D eigenvalue weighted by molar-refractivity contribution is 7.98. The van der Waals surface area contributed by atoms with Gasteiger partial charge in [-0.05, 0) is 20.1 Å². The molecule has 0 bridgehead atoms. The molecule has 2 unspecified atom stereocenters. The molecule has 0 fully saturated rings. The van der Waals surface area contributed by atoms with E-state index in [1.54, 1.807) is 0 Å². The second-order valence-corrected chi connectivity index (χ2v) is 3.58. The molecule has 10 heavy (non-hydrogen) atoms. The van der Waals surface area contributed by atoms with Crippen molar-refractivity contribution < 1.29 is 0 Å². The van der Waals surface area contributed by atoms with Gasteiger partial charge in [0.15, 0.2) is 0 Å². The van der Waals surface area contributed by atoms with Crippen LogP contribution in [-0.2, 0) is 0 Å². The average Bonchev–Trinajstić information content (AvgIpc) is 1.88. The number of rotatable bonds is 5. The van der Waals surface area contributed by atoms with Crippen LogP contribution in [0.5, 0.6) is 0 Å². The zero-order chi connectivity index (χ0) is 7.98.